The molecule has 2 unspecified atom stereocenters. The summed E-state index contributed by atoms with van der Waals surface area (Å²) in [6.45, 7) is 4.12. The summed E-state index contributed by atoms with van der Waals surface area (Å²) >= 11 is 0. The molecule has 0 saturated carbocycles. The molecule has 2 fully saturated rings. The Morgan fingerprint density at radius 2 is 2.15 bits per heavy atom. The van der Waals surface area contributed by atoms with Crippen LogP contribution < -0.4 is 5.32 Å². The number of carbonyl (C=O) groups excluding carboxylic acids is 2. The van der Waals surface area contributed by atoms with Crippen LogP contribution in [0.5, 0.6) is 0 Å². The van der Waals surface area contributed by atoms with E-state index in [1.54, 1.807) is 0 Å². The fourth-order valence-corrected chi connectivity index (χ4v) is 2.94. The largest absolute Gasteiger partial charge is 0.378 e. The molecule has 20 heavy (non-hydrogen) atoms. The van der Waals surface area contributed by atoms with Crippen molar-refractivity contribution in [3.05, 3.63) is 0 Å². The lowest BCUT2D eigenvalue weighted by atomic mass is 10.1. The van der Waals surface area contributed by atoms with Gasteiger partial charge in [-0.2, -0.15) is 0 Å². The molecule has 0 radical (unpaired) electrons. The number of rotatable bonds is 5. The van der Waals surface area contributed by atoms with Crippen molar-refractivity contribution in [1.82, 2.24) is 10.2 Å². The molecule has 0 aliphatic carbocycles. The molecule has 2 amide bonds. The second-order valence-electron chi connectivity index (χ2n) is 5.76. The zero-order valence-electron chi connectivity index (χ0n) is 12.4. The smallest absolute Gasteiger partial charge is 0.245 e. The van der Waals surface area contributed by atoms with Crippen molar-refractivity contribution in [3.8, 4) is 0 Å². The predicted molar refractivity (Wildman–Crippen MR) is 76.2 cm³/mol. The van der Waals surface area contributed by atoms with Crippen LogP contribution in [0.3, 0.4) is 0 Å². The Labute approximate surface area is 121 Å². The van der Waals surface area contributed by atoms with Gasteiger partial charge in [0, 0.05) is 26.1 Å². The van der Waals surface area contributed by atoms with Gasteiger partial charge in [0.15, 0.2) is 0 Å². The lowest BCUT2D eigenvalue weighted by Crippen LogP contribution is -2.45. The number of amides is 2. The highest BCUT2D eigenvalue weighted by atomic mass is 16.5. The van der Waals surface area contributed by atoms with E-state index in [1.807, 2.05) is 11.8 Å². The minimum atomic E-state index is -0.331. The van der Waals surface area contributed by atoms with Crippen LogP contribution in [0, 0.1) is 0 Å². The van der Waals surface area contributed by atoms with E-state index in [1.165, 1.54) is 6.42 Å². The minimum absolute atomic E-state index is 0.00628. The topological polar surface area (TPSA) is 58.6 Å². The quantitative estimate of drug-likeness (QED) is 0.830. The third kappa shape index (κ3) is 4.20. The number of nitrogens with one attached hydrogen (secondary N) is 1. The van der Waals surface area contributed by atoms with Gasteiger partial charge < -0.3 is 15.0 Å². The molecular formula is C15H26N2O3. The number of hydrogen-bond donors (Lipinski definition) is 1. The first-order valence-electron chi connectivity index (χ1n) is 7.90. The molecule has 5 heteroatoms. The molecule has 5 nitrogen and oxygen atoms in total. The van der Waals surface area contributed by atoms with E-state index in [4.69, 9.17) is 4.74 Å². The van der Waals surface area contributed by atoms with Crippen molar-refractivity contribution in [2.24, 2.45) is 0 Å². The van der Waals surface area contributed by atoms with Crippen molar-refractivity contribution in [1.29, 1.82) is 0 Å². The second-order valence-corrected chi connectivity index (χ2v) is 5.76. The van der Waals surface area contributed by atoms with E-state index in [-0.39, 0.29) is 24.0 Å². The Bertz CT molecular complexity index is 340. The molecule has 114 valence electrons. The highest BCUT2D eigenvalue weighted by Gasteiger charge is 2.29. The monoisotopic (exact) mass is 282 g/mol. The second kappa shape index (κ2) is 7.62. The molecular weight excluding hydrogens is 256 g/mol. The van der Waals surface area contributed by atoms with Gasteiger partial charge in [0.05, 0.1) is 6.10 Å². The Morgan fingerprint density at radius 3 is 2.85 bits per heavy atom. The summed E-state index contributed by atoms with van der Waals surface area (Å²) in [6, 6.07) is -0.331. The van der Waals surface area contributed by atoms with Crippen LogP contribution in [-0.2, 0) is 14.3 Å². The van der Waals surface area contributed by atoms with E-state index in [0.29, 0.717) is 19.5 Å². The van der Waals surface area contributed by atoms with Crippen LogP contribution in [0.15, 0.2) is 0 Å². The van der Waals surface area contributed by atoms with Gasteiger partial charge in [-0.3, -0.25) is 9.59 Å². The van der Waals surface area contributed by atoms with E-state index < -0.39 is 0 Å². The van der Waals surface area contributed by atoms with Crippen LogP contribution in [0.25, 0.3) is 0 Å². The summed E-state index contributed by atoms with van der Waals surface area (Å²) in [5.74, 6) is 0.0710. The third-order valence-corrected chi connectivity index (χ3v) is 4.13. The molecule has 0 aromatic carbocycles. The zero-order valence-corrected chi connectivity index (χ0v) is 12.4. The molecule has 2 saturated heterocycles. The Balaban J connectivity index is 1.87. The van der Waals surface area contributed by atoms with Gasteiger partial charge in [0.25, 0.3) is 0 Å². The highest BCUT2D eigenvalue weighted by Crippen LogP contribution is 2.17. The highest BCUT2D eigenvalue weighted by molar-refractivity contribution is 5.89. The minimum Gasteiger partial charge on any atom is -0.378 e. The van der Waals surface area contributed by atoms with Gasteiger partial charge >= 0.3 is 0 Å². The van der Waals surface area contributed by atoms with Crippen molar-refractivity contribution < 1.29 is 14.3 Å². The SMILES string of the molecule is CCCC1NC(=O)CCN(CCC2CCCCO2)C1=O. The maximum absolute atomic E-state index is 12.4. The Kier molecular flexibility index (Phi) is 5.83. The summed E-state index contributed by atoms with van der Waals surface area (Å²) in [5.41, 5.74) is 0. The summed E-state index contributed by atoms with van der Waals surface area (Å²) < 4.78 is 5.71. The number of carbonyl (C=O) groups is 2. The maximum Gasteiger partial charge on any atom is 0.245 e. The molecule has 0 aromatic rings. The average molecular weight is 282 g/mol. The Morgan fingerprint density at radius 1 is 1.30 bits per heavy atom. The first-order valence-corrected chi connectivity index (χ1v) is 7.90. The first kappa shape index (κ1) is 15.3. The summed E-state index contributed by atoms with van der Waals surface area (Å²) in [4.78, 5) is 25.9. The van der Waals surface area contributed by atoms with E-state index >= 15 is 0 Å². The lowest BCUT2D eigenvalue weighted by Gasteiger charge is -2.28. The molecule has 2 aliphatic rings. The van der Waals surface area contributed by atoms with Gasteiger partial charge in [0.2, 0.25) is 11.8 Å². The molecule has 2 aliphatic heterocycles. The fourth-order valence-electron chi connectivity index (χ4n) is 2.94. The van der Waals surface area contributed by atoms with Crippen molar-refractivity contribution in [2.75, 3.05) is 19.7 Å². The molecule has 2 atom stereocenters. The standard InChI is InChI=1S/C15H26N2O3/c1-2-5-13-15(19)17(10-8-14(18)16-13)9-7-12-6-3-4-11-20-12/h12-13H,2-11H2,1H3,(H,16,18). The van der Waals surface area contributed by atoms with Gasteiger partial charge in [-0.15, -0.1) is 0 Å². The summed E-state index contributed by atoms with van der Waals surface area (Å²) in [6.07, 6.45) is 6.67. The van der Waals surface area contributed by atoms with Crippen LogP contribution in [-0.4, -0.2) is 48.6 Å². The van der Waals surface area contributed by atoms with Gasteiger partial charge in [0.1, 0.15) is 6.04 Å². The van der Waals surface area contributed by atoms with E-state index in [9.17, 15) is 9.59 Å². The molecule has 0 bridgehead atoms. The third-order valence-electron chi connectivity index (χ3n) is 4.13. The summed E-state index contributed by atoms with van der Waals surface area (Å²) in [5, 5.41) is 2.84. The van der Waals surface area contributed by atoms with Crippen LogP contribution >= 0.6 is 0 Å². The molecule has 2 rings (SSSR count). The number of ether oxygens (including phenoxy) is 1. The van der Waals surface area contributed by atoms with E-state index in [2.05, 4.69) is 5.32 Å². The normalized spacial score (nSPS) is 28.1. The van der Waals surface area contributed by atoms with Gasteiger partial charge in [-0.1, -0.05) is 13.3 Å². The molecule has 2 heterocycles. The molecule has 0 aromatic heterocycles. The predicted octanol–water partition coefficient (Wildman–Crippen LogP) is 1.46. The average Bonchev–Trinajstić information content (AvgIpc) is 2.59. The zero-order chi connectivity index (χ0) is 14.4. The molecule has 1 N–H and O–H groups in total. The van der Waals surface area contributed by atoms with Crippen LogP contribution in [0.4, 0.5) is 0 Å². The van der Waals surface area contributed by atoms with Crippen molar-refractivity contribution in [2.45, 2.75) is 64.0 Å². The van der Waals surface area contributed by atoms with Crippen molar-refractivity contribution >= 4 is 11.8 Å². The van der Waals surface area contributed by atoms with Crippen LogP contribution in [0.2, 0.25) is 0 Å². The number of nitrogens with zero attached hydrogens (tertiary/aromatic N) is 1. The first-order chi connectivity index (χ1) is 9.70. The molecule has 0 spiro atoms. The maximum atomic E-state index is 12.4. The fraction of sp³-hybridized carbons (Fsp3) is 0.867. The van der Waals surface area contributed by atoms with Gasteiger partial charge in [-0.25, -0.2) is 0 Å². The van der Waals surface area contributed by atoms with Crippen molar-refractivity contribution in [3.63, 3.8) is 0 Å². The summed E-state index contributed by atoms with van der Waals surface area (Å²) in [7, 11) is 0. The van der Waals surface area contributed by atoms with E-state index in [0.717, 1.165) is 38.7 Å². The van der Waals surface area contributed by atoms with Gasteiger partial charge in [-0.05, 0) is 32.1 Å². The number of hydrogen-bond acceptors (Lipinski definition) is 3. The lowest BCUT2D eigenvalue weighted by molar-refractivity contribution is -0.134. The Hall–Kier alpha value is -1.10. The van der Waals surface area contributed by atoms with Crippen LogP contribution in [0.1, 0.15) is 51.9 Å².